The predicted molar refractivity (Wildman–Crippen MR) is 72.5 cm³/mol. The van der Waals surface area contributed by atoms with Crippen LogP contribution < -0.4 is 5.43 Å². The molecule has 1 saturated heterocycles. The molecular formula is C12H15ClN4O. The SMILES string of the molecule is CN(C)N1CC/C(=N/Nc2ccc(Cl)cc2)C1=O. The van der Waals surface area contributed by atoms with E-state index in [0.29, 0.717) is 23.7 Å². The molecule has 0 atom stereocenters. The fourth-order valence-electron chi connectivity index (χ4n) is 1.71. The highest BCUT2D eigenvalue weighted by Gasteiger charge is 2.29. The lowest BCUT2D eigenvalue weighted by Crippen LogP contribution is -2.39. The summed E-state index contributed by atoms with van der Waals surface area (Å²) < 4.78 is 0. The van der Waals surface area contributed by atoms with Gasteiger partial charge in [-0.2, -0.15) is 5.10 Å². The van der Waals surface area contributed by atoms with E-state index in [1.165, 1.54) is 0 Å². The van der Waals surface area contributed by atoms with Gasteiger partial charge < -0.3 is 0 Å². The second kappa shape index (κ2) is 5.37. The van der Waals surface area contributed by atoms with Gasteiger partial charge in [0.25, 0.3) is 5.91 Å². The average Bonchev–Trinajstić information content (AvgIpc) is 2.70. The van der Waals surface area contributed by atoms with Gasteiger partial charge in [0.1, 0.15) is 5.71 Å². The van der Waals surface area contributed by atoms with Crippen molar-refractivity contribution in [3.8, 4) is 0 Å². The van der Waals surface area contributed by atoms with Gasteiger partial charge in [-0.05, 0) is 24.3 Å². The van der Waals surface area contributed by atoms with Crippen LogP contribution in [0.2, 0.25) is 5.02 Å². The van der Waals surface area contributed by atoms with Crippen LogP contribution in [0.15, 0.2) is 29.4 Å². The summed E-state index contributed by atoms with van der Waals surface area (Å²) in [5, 5.41) is 8.24. The normalized spacial score (nSPS) is 17.9. The van der Waals surface area contributed by atoms with Crippen molar-refractivity contribution >= 4 is 28.9 Å². The van der Waals surface area contributed by atoms with Crippen molar-refractivity contribution in [2.45, 2.75) is 6.42 Å². The first-order valence-corrected chi connectivity index (χ1v) is 6.03. The van der Waals surface area contributed by atoms with Crippen LogP contribution in [0.4, 0.5) is 5.69 Å². The quantitative estimate of drug-likeness (QED) is 0.849. The molecule has 6 heteroatoms. The smallest absolute Gasteiger partial charge is 0.278 e. The topological polar surface area (TPSA) is 47.9 Å². The van der Waals surface area contributed by atoms with Crippen LogP contribution in [0.1, 0.15) is 6.42 Å². The molecule has 5 nitrogen and oxygen atoms in total. The van der Waals surface area contributed by atoms with Gasteiger partial charge in [-0.3, -0.25) is 15.2 Å². The van der Waals surface area contributed by atoms with Gasteiger partial charge in [-0.15, -0.1) is 0 Å². The van der Waals surface area contributed by atoms with Gasteiger partial charge in [0, 0.05) is 32.1 Å². The molecule has 1 amide bonds. The molecule has 96 valence electrons. The Hall–Kier alpha value is -1.59. The third-order valence-electron chi connectivity index (χ3n) is 2.69. The molecule has 1 aliphatic rings. The van der Waals surface area contributed by atoms with Crippen molar-refractivity contribution in [3.63, 3.8) is 0 Å². The summed E-state index contributed by atoms with van der Waals surface area (Å²) in [6, 6.07) is 7.17. The summed E-state index contributed by atoms with van der Waals surface area (Å²) in [7, 11) is 3.68. The first-order chi connectivity index (χ1) is 8.58. The molecule has 0 aliphatic carbocycles. The number of hydrogen-bond donors (Lipinski definition) is 1. The lowest BCUT2D eigenvalue weighted by molar-refractivity contribution is -0.134. The van der Waals surface area contributed by atoms with E-state index in [1.54, 1.807) is 22.2 Å². The zero-order chi connectivity index (χ0) is 13.1. The number of nitrogens with one attached hydrogen (secondary N) is 1. The maximum atomic E-state index is 11.9. The first kappa shape index (κ1) is 12.9. The van der Waals surface area contributed by atoms with Gasteiger partial charge in [0.15, 0.2) is 0 Å². The number of hydrazine groups is 1. The average molecular weight is 267 g/mol. The number of hydrogen-bond acceptors (Lipinski definition) is 4. The molecule has 2 rings (SSSR count). The van der Waals surface area contributed by atoms with E-state index >= 15 is 0 Å². The molecule has 0 radical (unpaired) electrons. The van der Waals surface area contributed by atoms with Crippen molar-refractivity contribution in [2.24, 2.45) is 5.10 Å². The second-order valence-corrected chi connectivity index (χ2v) is 4.64. The Morgan fingerprint density at radius 2 is 2.00 bits per heavy atom. The molecule has 1 aromatic carbocycles. The van der Waals surface area contributed by atoms with E-state index in [1.807, 2.05) is 26.2 Å². The Bertz CT molecular complexity index is 469. The number of nitrogens with zero attached hydrogens (tertiary/aromatic N) is 3. The summed E-state index contributed by atoms with van der Waals surface area (Å²) in [6.45, 7) is 0.674. The summed E-state index contributed by atoms with van der Waals surface area (Å²) in [6.07, 6.45) is 0.650. The lowest BCUT2D eigenvalue weighted by atomic mass is 10.3. The number of amides is 1. The summed E-state index contributed by atoms with van der Waals surface area (Å²) in [5.74, 6) is -0.0542. The van der Waals surface area contributed by atoms with Gasteiger partial charge in [-0.1, -0.05) is 11.6 Å². The second-order valence-electron chi connectivity index (χ2n) is 4.20. The highest BCUT2D eigenvalue weighted by atomic mass is 35.5. The molecule has 1 heterocycles. The van der Waals surface area contributed by atoms with Gasteiger partial charge in [0.2, 0.25) is 0 Å². The molecule has 18 heavy (non-hydrogen) atoms. The number of hydrazone groups is 1. The minimum atomic E-state index is -0.0542. The minimum absolute atomic E-state index is 0.0542. The fourth-order valence-corrected chi connectivity index (χ4v) is 1.84. The maximum Gasteiger partial charge on any atom is 0.284 e. The van der Waals surface area contributed by atoms with Crippen LogP contribution >= 0.6 is 11.6 Å². The Morgan fingerprint density at radius 3 is 2.56 bits per heavy atom. The highest BCUT2D eigenvalue weighted by Crippen LogP contribution is 2.14. The van der Waals surface area contributed by atoms with Gasteiger partial charge in [-0.25, -0.2) is 5.01 Å². The van der Waals surface area contributed by atoms with Crippen molar-refractivity contribution < 1.29 is 4.79 Å². The van der Waals surface area contributed by atoms with Crippen LogP contribution in [0, 0.1) is 0 Å². The lowest BCUT2D eigenvalue weighted by Gasteiger charge is -2.22. The Labute approximate surface area is 111 Å². The van der Waals surface area contributed by atoms with Gasteiger partial charge in [0.05, 0.1) is 5.69 Å². The molecule has 0 aromatic heterocycles. The third kappa shape index (κ3) is 2.80. The van der Waals surface area contributed by atoms with Crippen molar-refractivity contribution in [1.29, 1.82) is 0 Å². The molecule has 1 aliphatic heterocycles. The van der Waals surface area contributed by atoms with E-state index in [9.17, 15) is 4.79 Å². The monoisotopic (exact) mass is 266 g/mol. The summed E-state index contributed by atoms with van der Waals surface area (Å²) in [5.41, 5.74) is 4.22. The Morgan fingerprint density at radius 1 is 1.33 bits per heavy atom. The molecule has 0 saturated carbocycles. The van der Waals surface area contributed by atoms with Crippen molar-refractivity contribution in [1.82, 2.24) is 10.0 Å². The fraction of sp³-hybridized carbons (Fsp3) is 0.333. The molecule has 0 bridgehead atoms. The molecule has 1 aromatic rings. The predicted octanol–water partition coefficient (Wildman–Crippen LogP) is 1.82. The number of halogens is 1. The van der Waals surface area contributed by atoms with E-state index in [0.717, 1.165) is 5.69 Å². The summed E-state index contributed by atoms with van der Waals surface area (Å²) >= 11 is 5.79. The van der Waals surface area contributed by atoms with Crippen LogP contribution in [-0.2, 0) is 4.79 Å². The number of carbonyl (C=O) groups excluding carboxylic acids is 1. The zero-order valence-corrected chi connectivity index (χ0v) is 11.1. The Balaban J connectivity index is 2.02. The largest absolute Gasteiger partial charge is 0.284 e. The van der Waals surface area contributed by atoms with Crippen LogP contribution in [0.25, 0.3) is 0 Å². The number of anilines is 1. The molecular weight excluding hydrogens is 252 g/mol. The van der Waals surface area contributed by atoms with Crippen LogP contribution in [0.5, 0.6) is 0 Å². The van der Waals surface area contributed by atoms with Crippen molar-refractivity contribution in [2.75, 3.05) is 26.1 Å². The number of carbonyl (C=O) groups is 1. The minimum Gasteiger partial charge on any atom is -0.278 e. The number of rotatable bonds is 3. The zero-order valence-electron chi connectivity index (χ0n) is 10.4. The van der Waals surface area contributed by atoms with E-state index < -0.39 is 0 Å². The van der Waals surface area contributed by atoms with Crippen LogP contribution in [-0.4, -0.2) is 42.3 Å². The first-order valence-electron chi connectivity index (χ1n) is 5.65. The Kier molecular flexibility index (Phi) is 3.84. The van der Waals surface area contributed by atoms with Gasteiger partial charge >= 0.3 is 0 Å². The molecule has 1 fully saturated rings. The standard InChI is InChI=1S/C12H15ClN4O/c1-16(2)17-8-7-11(12(17)18)15-14-10-5-3-9(13)4-6-10/h3-6,14H,7-8H2,1-2H3/b15-11-. The highest BCUT2D eigenvalue weighted by molar-refractivity contribution is 6.40. The van der Waals surface area contributed by atoms with Crippen LogP contribution in [0.3, 0.4) is 0 Å². The number of benzene rings is 1. The van der Waals surface area contributed by atoms with E-state index in [2.05, 4.69) is 10.5 Å². The van der Waals surface area contributed by atoms with Crippen molar-refractivity contribution in [3.05, 3.63) is 29.3 Å². The molecule has 0 spiro atoms. The third-order valence-corrected chi connectivity index (χ3v) is 2.94. The van der Waals surface area contributed by atoms with E-state index in [-0.39, 0.29) is 5.91 Å². The van der Waals surface area contributed by atoms with E-state index in [4.69, 9.17) is 11.6 Å². The summed E-state index contributed by atoms with van der Waals surface area (Å²) in [4.78, 5) is 11.9. The maximum absolute atomic E-state index is 11.9. The molecule has 0 unspecified atom stereocenters. The molecule has 1 N–H and O–H groups in total.